The Morgan fingerprint density at radius 1 is 0.947 bits per heavy atom. The normalized spacial score (nSPS) is 13.1. The van der Waals surface area contributed by atoms with Crippen LogP contribution in [0.25, 0.3) is 0 Å². The van der Waals surface area contributed by atoms with Gasteiger partial charge in [0.05, 0.1) is 0 Å². The van der Waals surface area contributed by atoms with Gasteiger partial charge in [-0.3, -0.25) is 0 Å². The summed E-state index contributed by atoms with van der Waals surface area (Å²) in [4.78, 5) is 0. The standard InChI is InChI=1S/C17H28OSi/c1-12(2)18-19-14-11-9-10-13(16(3,4)5)15(14)17(6,7)8/h9-12H,1-8H3. The molecule has 0 aliphatic heterocycles. The summed E-state index contributed by atoms with van der Waals surface area (Å²) in [6.45, 7) is 17.9. The Morgan fingerprint density at radius 2 is 1.53 bits per heavy atom. The molecular weight excluding hydrogens is 248 g/mol. The van der Waals surface area contributed by atoms with Crippen LogP contribution in [0.2, 0.25) is 0 Å². The van der Waals surface area contributed by atoms with E-state index in [-0.39, 0.29) is 16.9 Å². The average molecular weight is 276 g/mol. The molecule has 1 aromatic rings. The van der Waals surface area contributed by atoms with Gasteiger partial charge < -0.3 is 4.43 Å². The first-order valence-electron chi connectivity index (χ1n) is 7.09. The maximum atomic E-state index is 5.86. The van der Waals surface area contributed by atoms with Crippen molar-refractivity contribution in [2.24, 2.45) is 0 Å². The minimum absolute atomic E-state index is 0.145. The highest BCUT2D eigenvalue weighted by Gasteiger charge is 2.27. The largest absolute Gasteiger partial charge is 0.409 e. The van der Waals surface area contributed by atoms with Crippen LogP contribution in [0.3, 0.4) is 0 Å². The van der Waals surface area contributed by atoms with Crippen molar-refractivity contribution in [3.8, 4) is 0 Å². The molecule has 0 saturated carbocycles. The summed E-state index contributed by atoms with van der Waals surface area (Å²) in [7, 11) is 0.433. The molecule has 0 atom stereocenters. The van der Waals surface area contributed by atoms with Crippen molar-refractivity contribution in [2.45, 2.75) is 72.3 Å². The van der Waals surface area contributed by atoms with Gasteiger partial charge in [0.2, 0.25) is 0 Å². The summed E-state index contributed by atoms with van der Waals surface area (Å²) in [5.74, 6) is 0. The van der Waals surface area contributed by atoms with Crippen molar-refractivity contribution in [1.29, 1.82) is 0 Å². The summed E-state index contributed by atoms with van der Waals surface area (Å²) in [6, 6.07) is 6.66. The van der Waals surface area contributed by atoms with Gasteiger partial charge in [0.1, 0.15) is 0 Å². The molecule has 0 unspecified atom stereocenters. The summed E-state index contributed by atoms with van der Waals surface area (Å²) in [6.07, 6.45) is 0.282. The van der Waals surface area contributed by atoms with E-state index in [0.29, 0.717) is 9.76 Å². The first-order valence-corrected chi connectivity index (χ1v) is 8.00. The van der Waals surface area contributed by atoms with Gasteiger partial charge >= 0.3 is 0 Å². The highest BCUT2D eigenvalue weighted by molar-refractivity contribution is 6.47. The van der Waals surface area contributed by atoms with Crippen LogP contribution >= 0.6 is 0 Å². The molecule has 1 nitrogen and oxygen atoms in total. The van der Waals surface area contributed by atoms with Gasteiger partial charge in [0, 0.05) is 6.10 Å². The molecule has 0 heterocycles. The lowest BCUT2D eigenvalue weighted by atomic mass is 9.75. The predicted octanol–water partition coefficient (Wildman–Crippen LogP) is 3.95. The van der Waals surface area contributed by atoms with E-state index in [0.717, 1.165) is 0 Å². The third-order valence-corrected chi connectivity index (χ3v) is 4.25. The third kappa shape index (κ3) is 4.46. The molecule has 0 bridgehead atoms. The zero-order valence-corrected chi connectivity index (χ0v) is 14.7. The Labute approximate surface area is 121 Å². The molecule has 0 aromatic heterocycles. The molecule has 0 fully saturated rings. The minimum Gasteiger partial charge on any atom is -0.409 e. The molecule has 0 saturated heterocycles. The highest BCUT2D eigenvalue weighted by atomic mass is 28.2. The van der Waals surface area contributed by atoms with Crippen LogP contribution in [-0.4, -0.2) is 15.9 Å². The fourth-order valence-corrected chi connectivity index (χ4v) is 3.39. The summed E-state index contributed by atoms with van der Waals surface area (Å²) in [5.41, 5.74) is 3.21. The molecule has 0 aliphatic rings. The number of rotatable bonds is 3. The molecule has 0 aliphatic carbocycles. The lowest BCUT2D eigenvalue weighted by Gasteiger charge is -2.32. The summed E-state index contributed by atoms with van der Waals surface area (Å²) < 4.78 is 5.86. The molecule has 0 amide bonds. The molecular formula is C17H28OSi. The molecule has 2 heteroatoms. The fraction of sp³-hybridized carbons (Fsp3) is 0.647. The Hall–Kier alpha value is -0.603. The van der Waals surface area contributed by atoms with Crippen LogP contribution in [0.4, 0.5) is 0 Å². The smallest absolute Gasteiger partial charge is 0.269 e. The van der Waals surface area contributed by atoms with E-state index in [9.17, 15) is 0 Å². The Morgan fingerprint density at radius 3 is 1.95 bits per heavy atom. The highest BCUT2D eigenvalue weighted by Crippen LogP contribution is 2.32. The van der Waals surface area contributed by atoms with Gasteiger partial charge in [-0.15, -0.1) is 0 Å². The first kappa shape index (κ1) is 16.5. The van der Waals surface area contributed by atoms with E-state index in [4.69, 9.17) is 4.43 Å². The van der Waals surface area contributed by atoms with E-state index in [1.807, 2.05) is 0 Å². The molecule has 106 valence electrons. The van der Waals surface area contributed by atoms with E-state index in [2.05, 4.69) is 73.6 Å². The molecule has 19 heavy (non-hydrogen) atoms. The maximum absolute atomic E-state index is 5.86. The van der Waals surface area contributed by atoms with Crippen LogP contribution in [0.1, 0.15) is 66.5 Å². The van der Waals surface area contributed by atoms with Crippen molar-refractivity contribution in [2.75, 3.05) is 0 Å². The molecule has 1 aromatic carbocycles. The second kappa shape index (κ2) is 5.80. The van der Waals surface area contributed by atoms with Crippen LogP contribution in [0.15, 0.2) is 18.2 Å². The topological polar surface area (TPSA) is 9.23 Å². The van der Waals surface area contributed by atoms with Gasteiger partial charge in [-0.25, -0.2) is 0 Å². The zero-order chi connectivity index (χ0) is 14.8. The second-order valence-electron chi connectivity index (χ2n) is 7.50. The first-order chi connectivity index (χ1) is 8.53. The van der Waals surface area contributed by atoms with Crippen LogP contribution in [-0.2, 0) is 15.3 Å². The van der Waals surface area contributed by atoms with Gasteiger partial charge in [0.25, 0.3) is 9.76 Å². The van der Waals surface area contributed by atoms with Crippen molar-refractivity contribution in [3.63, 3.8) is 0 Å². The van der Waals surface area contributed by atoms with E-state index >= 15 is 0 Å². The second-order valence-corrected chi connectivity index (χ2v) is 8.48. The van der Waals surface area contributed by atoms with Gasteiger partial charge in [-0.2, -0.15) is 0 Å². The molecule has 0 N–H and O–H groups in total. The van der Waals surface area contributed by atoms with Crippen molar-refractivity contribution in [3.05, 3.63) is 29.3 Å². The van der Waals surface area contributed by atoms with Crippen LogP contribution in [0, 0.1) is 0 Å². The molecule has 0 spiro atoms. The molecule has 1 rings (SSSR count). The Kier molecular flexibility index (Phi) is 5.02. The number of hydrogen-bond acceptors (Lipinski definition) is 1. The Balaban J connectivity index is 3.32. The number of hydrogen-bond donors (Lipinski definition) is 0. The van der Waals surface area contributed by atoms with Crippen molar-refractivity contribution < 1.29 is 4.43 Å². The van der Waals surface area contributed by atoms with E-state index < -0.39 is 0 Å². The quantitative estimate of drug-likeness (QED) is 0.760. The SMILES string of the molecule is CC(C)O[Si]c1cccc(C(C)(C)C)c1C(C)(C)C. The lowest BCUT2D eigenvalue weighted by molar-refractivity contribution is 0.260. The maximum Gasteiger partial charge on any atom is 0.269 e. The van der Waals surface area contributed by atoms with Crippen LogP contribution < -0.4 is 5.19 Å². The predicted molar refractivity (Wildman–Crippen MR) is 85.5 cm³/mol. The van der Waals surface area contributed by atoms with Gasteiger partial charge in [-0.1, -0.05) is 59.7 Å². The molecule has 2 radical (unpaired) electrons. The number of benzene rings is 1. The Bertz CT molecular complexity index is 422. The average Bonchev–Trinajstić information content (AvgIpc) is 2.23. The van der Waals surface area contributed by atoms with Crippen molar-refractivity contribution in [1.82, 2.24) is 0 Å². The van der Waals surface area contributed by atoms with Crippen molar-refractivity contribution >= 4 is 14.9 Å². The minimum atomic E-state index is 0.145. The van der Waals surface area contributed by atoms with Gasteiger partial charge in [-0.05, 0) is 41.0 Å². The fourth-order valence-electron chi connectivity index (χ4n) is 2.25. The lowest BCUT2D eigenvalue weighted by Crippen LogP contribution is -2.34. The monoisotopic (exact) mass is 276 g/mol. The van der Waals surface area contributed by atoms with Gasteiger partial charge in [0.15, 0.2) is 0 Å². The van der Waals surface area contributed by atoms with E-state index in [1.54, 1.807) is 0 Å². The summed E-state index contributed by atoms with van der Waals surface area (Å²) in [5, 5.41) is 1.36. The van der Waals surface area contributed by atoms with Crippen LogP contribution in [0.5, 0.6) is 0 Å². The third-order valence-electron chi connectivity index (χ3n) is 3.03. The zero-order valence-electron chi connectivity index (χ0n) is 13.7. The van der Waals surface area contributed by atoms with E-state index in [1.165, 1.54) is 16.3 Å². The summed E-state index contributed by atoms with van der Waals surface area (Å²) >= 11 is 0.